The summed E-state index contributed by atoms with van der Waals surface area (Å²) in [5.74, 6) is -1.18. The van der Waals surface area contributed by atoms with Crippen LogP contribution in [0.15, 0.2) is 91.0 Å². The summed E-state index contributed by atoms with van der Waals surface area (Å²) in [6.07, 6.45) is -1.91. The van der Waals surface area contributed by atoms with Gasteiger partial charge in [-0.1, -0.05) is 91.0 Å². The van der Waals surface area contributed by atoms with Gasteiger partial charge >= 0.3 is 12.1 Å². The first-order chi connectivity index (χ1) is 21.8. The third kappa shape index (κ3) is 13.4. The van der Waals surface area contributed by atoms with Crippen LogP contribution in [0.25, 0.3) is 0 Å². The van der Waals surface area contributed by atoms with E-state index >= 15 is 0 Å². The second kappa shape index (κ2) is 17.5. The van der Waals surface area contributed by atoms with Gasteiger partial charge in [0.1, 0.15) is 5.60 Å². The van der Waals surface area contributed by atoms with E-state index in [9.17, 15) is 14.4 Å². The monoisotopic (exact) mass is 632 g/mol. The van der Waals surface area contributed by atoms with Crippen molar-refractivity contribution in [2.24, 2.45) is 5.41 Å². The van der Waals surface area contributed by atoms with Crippen molar-refractivity contribution in [3.8, 4) is 0 Å². The van der Waals surface area contributed by atoms with Gasteiger partial charge in [0.2, 0.25) is 6.10 Å². The molecule has 0 aliphatic carbocycles. The van der Waals surface area contributed by atoms with Gasteiger partial charge in [-0.2, -0.15) is 0 Å². The summed E-state index contributed by atoms with van der Waals surface area (Å²) in [5.41, 5.74) is 1.12. The Morgan fingerprint density at radius 3 is 1.54 bits per heavy atom. The van der Waals surface area contributed by atoms with Crippen molar-refractivity contribution >= 4 is 18.0 Å². The van der Waals surface area contributed by atoms with Crippen molar-refractivity contribution in [3.63, 3.8) is 0 Å². The second-order valence-electron chi connectivity index (χ2n) is 13.2. The first-order valence-corrected chi connectivity index (χ1v) is 15.6. The van der Waals surface area contributed by atoms with Crippen LogP contribution in [0, 0.1) is 5.41 Å². The van der Waals surface area contributed by atoms with Crippen LogP contribution >= 0.6 is 0 Å². The van der Waals surface area contributed by atoms with E-state index in [1.54, 1.807) is 41.5 Å². The Hall–Kier alpha value is -4.21. The average Bonchev–Trinajstić information content (AvgIpc) is 2.99. The zero-order chi connectivity index (χ0) is 33.6. The lowest BCUT2D eigenvalue weighted by Crippen LogP contribution is -2.57. The number of rotatable bonds is 15. The van der Waals surface area contributed by atoms with E-state index in [0.29, 0.717) is 13.2 Å². The smallest absolute Gasteiger partial charge is 0.408 e. The lowest BCUT2D eigenvalue weighted by atomic mass is 9.96. The van der Waals surface area contributed by atoms with Gasteiger partial charge in [0.15, 0.2) is 0 Å². The van der Waals surface area contributed by atoms with Crippen LogP contribution in [0.5, 0.6) is 0 Å². The average molecular weight is 633 g/mol. The van der Waals surface area contributed by atoms with Crippen molar-refractivity contribution in [2.45, 2.75) is 85.0 Å². The highest BCUT2D eigenvalue weighted by Crippen LogP contribution is 2.20. The summed E-state index contributed by atoms with van der Waals surface area (Å²) in [6, 6.07) is 27.2. The number of alkyl carbamates (subject to hydrolysis) is 1. The first kappa shape index (κ1) is 36.3. The Morgan fingerprint density at radius 1 is 0.652 bits per heavy atom. The summed E-state index contributed by atoms with van der Waals surface area (Å²) in [5, 5.41) is 5.78. The first-order valence-electron chi connectivity index (χ1n) is 15.6. The minimum absolute atomic E-state index is 0.137. The van der Waals surface area contributed by atoms with E-state index in [1.165, 1.54) is 0 Å². The summed E-state index contributed by atoms with van der Waals surface area (Å²) in [6.45, 7) is 11.3. The van der Waals surface area contributed by atoms with Gasteiger partial charge in [0.05, 0.1) is 43.9 Å². The van der Waals surface area contributed by atoms with Gasteiger partial charge in [-0.3, -0.25) is 9.59 Å². The van der Waals surface area contributed by atoms with Crippen LogP contribution in [0.1, 0.15) is 58.2 Å². The minimum atomic E-state index is -1.38. The molecule has 1 unspecified atom stereocenters. The van der Waals surface area contributed by atoms with E-state index in [4.69, 9.17) is 18.9 Å². The molecule has 0 saturated carbocycles. The number of carbonyl (C=O) groups excluding carboxylic acids is 3. The fourth-order valence-corrected chi connectivity index (χ4v) is 4.37. The van der Waals surface area contributed by atoms with E-state index in [-0.39, 0.29) is 19.6 Å². The van der Waals surface area contributed by atoms with Gasteiger partial charge in [-0.25, -0.2) is 4.79 Å². The van der Waals surface area contributed by atoms with Crippen LogP contribution in [0.4, 0.5) is 4.79 Å². The zero-order valence-electron chi connectivity index (χ0n) is 27.8. The molecule has 2 atom stereocenters. The number of hydrogen-bond donors (Lipinski definition) is 2. The zero-order valence-corrected chi connectivity index (χ0v) is 27.8. The van der Waals surface area contributed by atoms with Crippen molar-refractivity contribution in [3.05, 3.63) is 108 Å². The molecule has 0 bridgehead atoms. The third-order valence-electron chi connectivity index (χ3n) is 6.68. The maximum absolute atomic E-state index is 14.1. The quantitative estimate of drug-likeness (QED) is 0.198. The fraction of sp³-hybridized carbons (Fsp3) is 0.432. The number of esters is 1. The maximum Gasteiger partial charge on any atom is 0.408 e. The van der Waals surface area contributed by atoms with Gasteiger partial charge in [0, 0.05) is 0 Å². The summed E-state index contributed by atoms with van der Waals surface area (Å²) < 4.78 is 23.4. The van der Waals surface area contributed by atoms with E-state index in [0.717, 1.165) is 16.7 Å². The molecule has 0 fully saturated rings. The normalized spacial score (nSPS) is 13.0. The molecule has 3 aromatic rings. The fourth-order valence-electron chi connectivity index (χ4n) is 4.37. The number of benzene rings is 3. The predicted molar refractivity (Wildman–Crippen MR) is 177 cm³/mol. The van der Waals surface area contributed by atoms with Crippen molar-refractivity contribution in [2.75, 3.05) is 13.2 Å². The molecular formula is C37H48N2O7. The van der Waals surface area contributed by atoms with Gasteiger partial charge < -0.3 is 29.6 Å². The van der Waals surface area contributed by atoms with E-state index in [2.05, 4.69) is 10.6 Å². The van der Waals surface area contributed by atoms with Crippen LogP contribution < -0.4 is 10.6 Å². The molecule has 2 N–H and O–H groups in total. The number of nitrogens with one attached hydrogen (secondary N) is 2. The largest absolute Gasteiger partial charge is 0.450 e. The Kier molecular flexibility index (Phi) is 13.8. The molecule has 248 valence electrons. The predicted octanol–water partition coefficient (Wildman–Crippen LogP) is 6.00. The molecule has 0 spiro atoms. The number of carbonyl (C=O) groups is 3. The molecule has 0 heterocycles. The molecule has 0 radical (unpaired) electrons. The van der Waals surface area contributed by atoms with Crippen LogP contribution in [0.3, 0.4) is 0 Å². The van der Waals surface area contributed by atoms with E-state index in [1.807, 2.05) is 91.0 Å². The number of amides is 2. The molecule has 0 saturated heterocycles. The van der Waals surface area contributed by atoms with Crippen LogP contribution in [-0.2, 0) is 48.2 Å². The topological polar surface area (TPSA) is 112 Å². The molecule has 3 rings (SSSR count). The molecule has 0 aromatic heterocycles. The number of hydrogen-bond acceptors (Lipinski definition) is 7. The molecule has 2 amide bonds. The number of ether oxygens (including phenoxy) is 4. The van der Waals surface area contributed by atoms with Gasteiger partial charge in [-0.05, 0) is 64.7 Å². The minimum Gasteiger partial charge on any atom is -0.450 e. The molecule has 9 heteroatoms. The lowest BCUT2D eigenvalue weighted by molar-refractivity contribution is -0.165. The molecule has 3 aromatic carbocycles. The van der Waals surface area contributed by atoms with Crippen molar-refractivity contribution < 1.29 is 33.3 Å². The van der Waals surface area contributed by atoms with Gasteiger partial charge in [0.25, 0.3) is 5.91 Å². The highest BCUT2D eigenvalue weighted by atomic mass is 16.6. The van der Waals surface area contributed by atoms with Crippen LogP contribution in [-0.4, -0.2) is 55.0 Å². The standard InChI is InChI=1S/C37H48N2O7/c1-36(2,3)34(41)45-32(31(22-27-16-10-7-11-17-27)39-35(42)46-37(4,5)6)33(40)38-30(25-43-23-28-18-12-8-13-19-28)26-44-24-29-20-14-9-15-21-29/h7-21,30-32H,22-26H2,1-6H3,(H,38,40)(H,39,42)/t31-,32?/m0/s1. The summed E-state index contributed by atoms with van der Waals surface area (Å²) in [7, 11) is 0. The Balaban J connectivity index is 1.85. The van der Waals surface area contributed by atoms with Crippen LogP contribution in [0.2, 0.25) is 0 Å². The Morgan fingerprint density at radius 2 is 1.11 bits per heavy atom. The summed E-state index contributed by atoms with van der Waals surface area (Å²) >= 11 is 0. The summed E-state index contributed by atoms with van der Waals surface area (Å²) in [4.78, 5) is 40.3. The molecule has 0 aliphatic rings. The maximum atomic E-state index is 14.1. The van der Waals surface area contributed by atoms with Crippen molar-refractivity contribution in [1.29, 1.82) is 0 Å². The molecule has 0 aliphatic heterocycles. The highest BCUT2D eigenvalue weighted by molar-refractivity contribution is 5.86. The van der Waals surface area contributed by atoms with Gasteiger partial charge in [-0.15, -0.1) is 0 Å². The Labute approximate surface area is 273 Å². The third-order valence-corrected chi connectivity index (χ3v) is 6.68. The molecular weight excluding hydrogens is 584 g/mol. The Bertz CT molecular complexity index is 1310. The highest BCUT2D eigenvalue weighted by Gasteiger charge is 2.38. The lowest BCUT2D eigenvalue weighted by Gasteiger charge is -2.31. The van der Waals surface area contributed by atoms with Crippen molar-refractivity contribution in [1.82, 2.24) is 10.6 Å². The SMILES string of the molecule is CC(C)(C)OC(=O)N[C@@H](Cc1ccccc1)C(OC(=O)C(C)(C)C)C(=O)NC(COCc1ccccc1)COCc1ccccc1. The molecule has 9 nitrogen and oxygen atoms in total. The van der Waals surface area contributed by atoms with E-state index < -0.39 is 47.2 Å². The second-order valence-corrected chi connectivity index (χ2v) is 13.2. The molecule has 46 heavy (non-hydrogen) atoms.